The van der Waals surface area contributed by atoms with Gasteiger partial charge < -0.3 is 21.3 Å². The lowest BCUT2D eigenvalue weighted by Crippen LogP contribution is -3.06. The molecule has 4 nitrogen and oxygen atoms in total. The smallest absolute Gasteiger partial charge is 0.126 e. The van der Waals surface area contributed by atoms with Gasteiger partial charge in [-0.2, -0.15) is 0 Å². The first-order valence-corrected chi connectivity index (χ1v) is 8.56. The minimum Gasteiger partial charge on any atom is -0.339 e. The van der Waals surface area contributed by atoms with Crippen LogP contribution in [0.3, 0.4) is 0 Å². The molecule has 0 bridgehead atoms. The summed E-state index contributed by atoms with van der Waals surface area (Å²) >= 11 is 0. The molecule has 20 heavy (non-hydrogen) atoms. The van der Waals surface area contributed by atoms with Gasteiger partial charge in [0.15, 0.2) is 0 Å². The number of rotatable bonds is 0. The van der Waals surface area contributed by atoms with Crippen molar-refractivity contribution in [3.63, 3.8) is 0 Å². The van der Waals surface area contributed by atoms with Crippen LogP contribution in [0.25, 0.3) is 0 Å². The van der Waals surface area contributed by atoms with E-state index in [4.69, 9.17) is 0 Å². The second kappa shape index (κ2) is 7.74. The van der Waals surface area contributed by atoms with Crippen molar-refractivity contribution < 1.29 is 21.3 Å². The Morgan fingerprint density at radius 2 is 1.00 bits per heavy atom. The van der Waals surface area contributed by atoms with Crippen molar-refractivity contribution in [1.82, 2.24) is 0 Å². The Balaban J connectivity index is 2.55. The molecule has 0 aromatic rings. The van der Waals surface area contributed by atoms with E-state index in [2.05, 4.69) is 62.8 Å². The van der Waals surface area contributed by atoms with E-state index in [1.54, 1.807) is 0 Å². The monoisotopic (exact) mass is 288 g/mol. The second-order valence-electron chi connectivity index (χ2n) is 8.37. The predicted octanol–water partition coefficient (Wildman–Crippen LogP) is -2.63. The highest BCUT2D eigenvalue weighted by molar-refractivity contribution is 4.69. The first-order valence-electron chi connectivity index (χ1n) is 8.56. The van der Waals surface area contributed by atoms with Crippen LogP contribution in [0.2, 0.25) is 0 Å². The summed E-state index contributed by atoms with van der Waals surface area (Å²) in [6.45, 7) is 19.2. The second-order valence-corrected chi connectivity index (χ2v) is 8.37. The Morgan fingerprint density at radius 1 is 0.650 bits per heavy atom. The molecule has 0 amide bonds. The van der Waals surface area contributed by atoms with Gasteiger partial charge in [0.2, 0.25) is 0 Å². The van der Waals surface area contributed by atoms with Gasteiger partial charge in [-0.15, -0.1) is 0 Å². The Labute approximate surface area is 125 Å². The molecule has 8 N–H and O–H groups in total. The Hall–Kier alpha value is -0.160. The molecular formula is C16H40N4+4. The first-order chi connectivity index (χ1) is 9.20. The highest BCUT2D eigenvalue weighted by atomic mass is 15.1. The van der Waals surface area contributed by atoms with Gasteiger partial charge in [-0.1, -0.05) is 0 Å². The highest BCUT2D eigenvalue weighted by Crippen LogP contribution is 2.04. The molecule has 1 aliphatic rings. The molecule has 0 aromatic carbocycles. The Morgan fingerprint density at radius 3 is 1.35 bits per heavy atom. The molecule has 0 spiro atoms. The molecule has 0 unspecified atom stereocenters. The Kier molecular flexibility index (Phi) is 6.92. The summed E-state index contributed by atoms with van der Waals surface area (Å²) in [7, 11) is 0. The number of quaternary nitrogens is 4. The zero-order chi connectivity index (χ0) is 15.2. The van der Waals surface area contributed by atoms with Crippen LogP contribution in [0.1, 0.15) is 54.4 Å². The zero-order valence-electron chi connectivity index (χ0n) is 14.7. The van der Waals surface area contributed by atoms with Crippen molar-refractivity contribution in [2.75, 3.05) is 26.2 Å². The van der Waals surface area contributed by atoms with E-state index < -0.39 is 0 Å². The molecule has 0 aromatic heterocycles. The topological polar surface area (TPSA) is 66.4 Å². The molecule has 1 fully saturated rings. The minimum absolute atomic E-state index is 0.375. The average Bonchev–Trinajstić information content (AvgIpc) is 2.28. The molecule has 0 saturated carbocycles. The van der Waals surface area contributed by atoms with E-state index in [-0.39, 0.29) is 0 Å². The van der Waals surface area contributed by atoms with Gasteiger partial charge in [0.1, 0.15) is 26.2 Å². The summed E-state index contributed by atoms with van der Waals surface area (Å²) < 4.78 is 0. The third kappa shape index (κ3) is 7.58. The van der Waals surface area contributed by atoms with Crippen LogP contribution in [-0.2, 0) is 0 Å². The molecule has 1 rings (SSSR count). The van der Waals surface area contributed by atoms with Crippen molar-refractivity contribution in [3.05, 3.63) is 0 Å². The molecule has 2 atom stereocenters. The highest BCUT2D eigenvalue weighted by Gasteiger charge is 2.29. The van der Waals surface area contributed by atoms with Gasteiger partial charge in [0.25, 0.3) is 0 Å². The summed E-state index contributed by atoms with van der Waals surface area (Å²) in [6.07, 6.45) is 2.57. The van der Waals surface area contributed by atoms with E-state index >= 15 is 0 Å². The summed E-state index contributed by atoms with van der Waals surface area (Å²) in [5.74, 6) is 0. The van der Waals surface area contributed by atoms with E-state index in [0.717, 1.165) is 12.1 Å². The van der Waals surface area contributed by atoms with Gasteiger partial charge in [0, 0.05) is 0 Å². The maximum Gasteiger partial charge on any atom is 0.126 e. The molecule has 4 heteroatoms. The lowest BCUT2D eigenvalue weighted by Gasteiger charge is -2.28. The standard InChI is InChI=1S/C16H36N4/c1-13-11-15(3,4)19-10-8-18-14(2)12-16(5,6)20-9-7-17-13/h13-14,17-20H,7-12H2,1-6H3/p+4/t13-,14-/m1/s1. The van der Waals surface area contributed by atoms with Crippen molar-refractivity contribution in [2.45, 2.75) is 77.5 Å². The van der Waals surface area contributed by atoms with E-state index in [9.17, 15) is 0 Å². The maximum atomic E-state index is 2.55. The normalized spacial score (nSPS) is 33.3. The third-order valence-corrected chi connectivity index (χ3v) is 4.56. The number of nitrogens with two attached hydrogens (primary N) is 4. The lowest BCUT2D eigenvalue weighted by molar-refractivity contribution is -0.799. The quantitative estimate of drug-likeness (QED) is 0.377. The van der Waals surface area contributed by atoms with Gasteiger partial charge >= 0.3 is 0 Å². The van der Waals surface area contributed by atoms with Gasteiger partial charge in [-0.3, -0.25) is 0 Å². The van der Waals surface area contributed by atoms with E-state index in [0.29, 0.717) is 11.1 Å². The number of hydrogen-bond donors (Lipinski definition) is 4. The lowest BCUT2D eigenvalue weighted by atomic mass is 9.94. The van der Waals surface area contributed by atoms with Crippen molar-refractivity contribution >= 4 is 0 Å². The van der Waals surface area contributed by atoms with Crippen LogP contribution >= 0.6 is 0 Å². The summed E-state index contributed by atoms with van der Waals surface area (Å²) in [4.78, 5) is 0. The Bertz CT molecular complexity index is 248. The average molecular weight is 289 g/mol. The SMILES string of the molecule is C[C@@H]1CC(C)(C)[NH2+]CC[NH2+][C@H](C)CC(C)(C)[NH2+]CC[NH2+]1. The van der Waals surface area contributed by atoms with Crippen molar-refractivity contribution in [1.29, 1.82) is 0 Å². The van der Waals surface area contributed by atoms with Crippen LogP contribution in [0, 0.1) is 0 Å². The molecule has 0 radical (unpaired) electrons. The molecule has 120 valence electrons. The van der Waals surface area contributed by atoms with Crippen LogP contribution in [0.15, 0.2) is 0 Å². The molecular weight excluding hydrogens is 248 g/mol. The molecule has 1 heterocycles. The first kappa shape index (κ1) is 17.9. The van der Waals surface area contributed by atoms with Crippen LogP contribution in [0.4, 0.5) is 0 Å². The molecule has 1 aliphatic heterocycles. The summed E-state index contributed by atoms with van der Waals surface area (Å²) in [5, 5.41) is 10.2. The van der Waals surface area contributed by atoms with Crippen LogP contribution in [-0.4, -0.2) is 49.3 Å². The molecule has 1 saturated heterocycles. The van der Waals surface area contributed by atoms with Gasteiger partial charge in [0.05, 0.1) is 36.0 Å². The van der Waals surface area contributed by atoms with E-state index in [1.165, 1.54) is 39.0 Å². The van der Waals surface area contributed by atoms with Crippen molar-refractivity contribution in [3.8, 4) is 0 Å². The van der Waals surface area contributed by atoms with Gasteiger partial charge in [-0.05, 0) is 41.5 Å². The number of hydrogen-bond acceptors (Lipinski definition) is 0. The summed E-state index contributed by atoms with van der Waals surface area (Å²) in [6, 6.07) is 1.45. The molecule has 0 aliphatic carbocycles. The van der Waals surface area contributed by atoms with Crippen molar-refractivity contribution in [2.24, 2.45) is 0 Å². The third-order valence-electron chi connectivity index (χ3n) is 4.56. The largest absolute Gasteiger partial charge is 0.339 e. The van der Waals surface area contributed by atoms with Crippen LogP contribution < -0.4 is 21.3 Å². The predicted molar refractivity (Wildman–Crippen MR) is 83.5 cm³/mol. The minimum atomic E-state index is 0.375. The fourth-order valence-corrected chi connectivity index (χ4v) is 3.70. The summed E-state index contributed by atoms with van der Waals surface area (Å²) in [5.41, 5.74) is 0.750. The van der Waals surface area contributed by atoms with Gasteiger partial charge in [-0.25, -0.2) is 0 Å². The van der Waals surface area contributed by atoms with E-state index in [1.807, 2.05) is 0 Å². The zero-order valence-corrected chi connectivity index (χ0v) is 14.7. The fraction of sp³-hybridized carbons (Fsp3) is 1.00. The van der Waals surface area contributed by atoms with Crippen LogP contribution in [0.5, 0.6) is 0 Å². The fourth-order valence-electron chi connectivity index (χ4n) is 3.70. The maximum absolute atomic E-state index is 2.55.